The predicted molar refractivity (Wildman–Crippen MR) is 110 cm³/mol. The molecule has 0 aliphatic carbocycles. The maximum atomic E-state index is 13.3. The summed E-state index contributed by atoms with van der Waals surface area (Å²) < 4.78 is 45.5. The van der Waals surface area contributed by atoms with E-state index in [0.29, 0.717) is 11.3 Å². The molecular formula is C22H16F3N3O3. The van der Waals surface area contributed by atoms with Crippen LogP contribution in [0.15, 0.2) is 60.1 Å². The molecule has 3 rings (SSSR count). The van der Waals surface area contributed by atoms with Crippen molar-refractivity contribution in [1.82, 2.24) is 9.97 Å². The number of hydrogen-bond donors (Lipinski definition) is 1. The number of halogens is 3. The Morgan fingerprint density at radius 3 is 2.35 bits per heavy atom. The summed E-state index contributed by atoms with van der Waals surface area (Å²) in [7, 11) is 1.39. The normalized spacial score (nSPS) is 11.5. The van der Waals surface area contributed by atoms with Crippen molar-refractivity contribution in [2.24, 2.45) is 4.99 Å². The van der Waals surface area contributed by atoms with Gasteiger partial charge >= 0.3 is 12.1 Å². The van der Waals surface area contributed by atoms with Gasteiger partial charge in [-0.2, -0.15) is 13.2 Å². The first kappa shape index (κ1) is 21.7. The minimum Gasteiger partial charge on any atom is -0.477 e. The Hall–Kier alpha value is -4.01. The van der Waals surface area contributed by atoms with Crippen LogP contribution < -0.4 is 4.74 Å². The van der Waals surface area contributed by atoms with Gasteiger partial charge in [-0.25, -0.2) is 14.8 Å². The second-order valence-electron chi connectivity index (χ2n) is 6.27. The van der Waals surface area contributed by atoms with Gasteiger partial charge in [-0.3, -0.25) is 4.99 Å². The number of carboxylic acids is 1. The first-order valence-corrected chi connectivity index (χ1v) is 8.88. The largest absolute Gasteiger partial charge is 0.477 e. The number of nitrogens with zero attached hydrogens (tertiary/aromatic N) is 3. The highest BCUT2D eigenvalue weighted by Gasteiger charge is 2.33. The monoisotopic (exact) mass is 427 g/mol. The van der Waals surface area contributed by atoms with Crippen LogP contribution in [0, 0.1) is 0 Å². The SMILES string of the molecule is C=Cc1cc(C(=O)O)nc(-c2ccc(Oc3ccc(C=NC)c(C(F)(F)F)c3)cc2)n1. The van der Waals surface area contributed by atoms with Crippen molar-refractivity contribution < 1.29 is 27.8 Å². The second-order valence-corrected chi connectivity index (χ2v) is 6.27. The van der Waals surface area contributed by atoms with Gasteiger partial charge in [-0.05, 0) is 54.6 Å². The molecule has 0 aliphatic heterocycles. The number of hydrogen-bond acceptors (Lipinski definition) is 5. The summed E-state index contributed by atoms with van der Waals surface area (Å²) in [5.41, 5.74) is -0.257. The fraction of sp³-hybridized carbons (Fsp3) is 0.0909. The third kappa shape index (κ3) is 5.13. The lowest BCUT2D eigenvalue weighted by Gasteiger charge is -2.13. The molecule has 2 aromatic carbocycles. The molecule has 31 heavy (non-hydrogen) atoms. The standard InChI is InChI=1S/C22H16F3N3O3/c1-3-15-10-19(21(29)30)28-20(27-15)13-4-7-16(8-5-13)31-17-9-6-14(12-26-2)18(11-17)22(23,24)25/h3-12H,1H2,2H3,(H,29,30). The summed E-state index contributed by atoms with van der Waals surface area (Å²) in [6.07, 6.45) is -2.03. The Balaban J connectivity index is 1.89. The van der Waals surface area contributed by atoms with Crippen molar-refractivity contribution in [3.8, 4) is 22.9 Å². The number of alkyl halides is 3. The van der Waals surface area contributed by atoms with Crippen LogP contribution in [-0.2, 0) is 6.18 Å². The lowest BCUT2D eigenvalue weighted by molar-refractivity contribution is -0.137. The Morgan fingerprint density at radius 2 is 1.77 bits per heavy atom. The number of carbonyl (C=O) groups is 1. The van der Waals surface area contributed by atoms with E-state index in [1.54, 1.807) is 12.1 Å². The molecule has 0 radical (unpaired) electrons. The highest BCUT2D eigenvalue weighted by atomic mass is 19.4. The predicted octanol–water partition coefficient (Wildman–Crippen LogP) is 5.34. The van der Waals surface area contributed by atoms with Gasteiger partial charge in [0, 0.05) is 24.4 Å². The van der Waals surface area contributed by atoms with E-state index in [4.69, 9.17) is 4.74 Å². The molecule has 0 amide bonds. The van der Waals surface area contributed by atoms with Gasteiger partial charge in [0.25, 0.3) is 0 Å². The van der Waals surface area contributed by atoms with Crippen molar-refractivity contribution in [1.29, 1.82) is 0 Å². The van der Waals surface area contributed by atoms with Gasteiger partial charge in [-0.15, -0.1) is 0 Å². The van der Waals surface area contributed by atoms with E-state index in [-0.39, 0.29) is 28.6 Å². The zero-order chi connectivity index (χ0) is 22.6. The third-order valence-electron chi connectivity index (χ3n) is 4.12. The number of aliphatic imine (C=N–C) groups is 1. The minimum absolute atomic E-state index is 0.00592. The average Bonchev–Trinajstić information content (AvgIpc) is 2.74. The molecular weight excluding hydrogens is 411 g/mol. The molecule has 3 aromatic rings. The summed E-state index contributed by atoms with van der Waals surface area (Å²) in [5.74, 6) is -0.744. The van der Waals surface area contributed by atoms with Gasteiger partial charge in [0.1, 0.15) is 11.5 Å². The summed E-state index contributed by atoms with van der Waals surface area (Å²) in [5, 5.41) is 9.18. The second kappa shape index (κ2) is 8.78. The van der Waals surface area contributed by atoms with E-state index in [9.17, 15) is 23.1 Å². The number of benzene rings is 2. The molecule has 158 valence electrons. The van der Waals surface area contributed by atoms with E-state index in [1.807, 2.05) is 0 Å². The molecule has 1 aromatic heterocycles. The molecule has 0 aliphatic rings. The molecule has 9 heteroatoms. The van der Waals surface area contributed by atoms with Crippen LogP contribution >= 0.6 is 0 Å². The van der Waals surface area contributed by atoms with Crippen LogP contribution in [-0.4, -0.2) is 34.3 Å². The van der Waals surface area contributed by atoms with Gasteiger partial charge in [0.15, 0.2) is 11.5 Å². The van der Waals surface area contributed by atoms with E-state index < -0.39 is 17.7 Å². The van der Waals surface area contributed by atoms with E-state index >= 15 is 0 Å². The molecule has 0 atom stereocenters. The van der Waals surface area contributed by atoms with Crippen molar-refractivity contribution in [2.45, 2.75) is 6.18 Å². The van der Waals surface area contributed by atoms with Crippen LogP contribution in [0.2, 0.25) is 0 Å². The van der Waals surface area contributed by atoms with Crippen LogP contribution in [0.5, 0.6) is 11.5 Å². The topological polar surface area (TPSA) is 84.7 Å². The van der Waals surface area contributed by atoms with E-state index in [1.165, 1.54) is 43.5 Å². The highest BCUT2D eigenvalue weighted by molar-refractivity contribution is 5.86. The maximum Gasteiger partial charge on any atom is 0.417 e. The smallest absolute Gasteiger partial charge is 0.417 e. The average molecular weight is 427 g/mol. The zero-order valence-corrected chi connectivity index (χ0v) is 16.2. The van der Waals surface area contributed by atoms with Crippen LogP contribution in [0.3, 0.4) is 0 Å². The van der Waals surface area contributed by atoms with Gasteiger partial charge < -0.3 is 9.84 Å². The number of aromatic carboxylic acids is 1. The van der Waals surface area contributed by atoms with Crippen molar-refractivity contribution in [2.75, 3.05) is 7.05 Å². The van der Waals surface area contributed by atoms with Crippen LogP contribution in [0.25, 0.3) is 17.5 Å². The lowest BCUT2D eigenvalue weighted by atomic mass is 10.1. The van der Waals surface area contributed by atoms with Gasteiger partial charge in [-0.1, -0.05) is 6.58 Å². The Bertz CT molecular complexity index is 1160. The molecule has 0 saturated carbocycles. The van der Waals surface area contributed by atoms with E-state index in [2.05, 4.69) is 21.5 Å². The molecule has 0 unspecified atom stereocenters. The molecule has 6 nitrogen and oxygen atoms in total. The number of aromatic nitrogens is 2. The lowest BCUT2D eigenvalue weighted by Crippen LogP contribution is -2.09. The zero-order valence-electron chi connectivity index (χ0n) is 16.2. The summed E-state index contributed by atoms with van der Waals surface area (Å²) in [6.45, 7) is 3.58. The Labute approximate surface area is 175 Å². The van der Waals surface area contributed by atoms with Crippen LogP contribution in [0.1, 0.15) is 27.3 Å². The summed E-state index contributed by atoms with van der Waals surface area (Å²) in [6, 6.07) is 11.1. The molecule has 0 saturated heterocycles. The summed E-state index contributed by atoms with van der Waals surface area (Å²) in [4.78, 5) is 23.1. The Morgan fingerprint density at radius 1 is 1.10 bits per heavy atom. The van der Waals surface area contributed by atoms with Gasteiger partial charge in [0.2, 0.25) is 0 Å². The first-order chi connectivity index (χ1) is 14.7. The molecule has 1 heterocycles. The fourth-order valence-electron chi connectivity index (χ4n) is 2.71. The quantitative estimate of drug-likeness (QED) is 0.537. The van der Waals surface area contributed by atoms with E-state index in [0.717, 1.165) is 12.3 Å². The number of rotatable bonds is 6. The van der Waals surface area contributed by atoms with Crippen molar-refractivity contribution in [3.63, 3.8) is 0 Å². The third-order valence-corrected chi connectivity index (χ3v) is 4.12. The van der Waals surface area contributed by atoms with Gasteiger partial charge in [0.05, 0.1) is 11.3 Å². The molecule has 0 bridgehead atoms. The number of ether oxygens (including phenoxy) is 1. The minimum atomic E-state index is -4.56. The van der Waals surface area contributed by atoms with Crippen molar-refractivity contribution in [3.05, 3.63) is 77.6 Å². The molecule has 0 fully saturated rings. The van der Waals surface area contributed by atoms with Crippen molar-refractivity contribution >= 4 is 18.3 Å². The fourth-order valence-corrected chi connectivity index (χ4v) is 2.71. The maximum absolute atomic E-state index is 13.3. The molecule has 1 N–H and O–H groups in total. The molecule has 0 spiro atoms. The highest BCUT2D eigenvalue weighted by Crippen LogP contribution is 2.35. The Kier molecular flexibility index (Phi) is 6.15. The van der Waals surface area contributed by atoms with Crippen LogP contribution in [0.4, 0.5) is 13.2 Å². The first-order valence-electron chi connectivity index (χ1n) is 8.88. The summed E-state index contributed by atoms with van der Waals surface area (Å²) >= 11 is 0. The number of carboxylic acid groups (broad SMARTS) is 1.